The summed E-state index contributed by atoms with van der Waals surface area (Å²) in [5.41, 5.74) is 5.97. The third kappa shape index (κ3) is 4.61. The van der Waals surface area contributed by atoms with Crippen molar-refractivity contribution in [3.05, 3.63) is 22.7 Å². The smallest absolute Gasteiger partial charge is 0.339 e. The fraction of sp³-hybridized carbons (Fsp3) is 0.429. The van der Waals surface area contributed by atoms with Crippen LogP contribution in [-0.2, 0) is 4.79 Å². The highest BCUT2D eigenvalue weighted by Crippen LogP contribution is 2.31. The number of methoxy groups -OCH3 is 1. The van der Waals surface area contributed by atoms with E-state index in [-0.39, 0.29) is 27.9 Å². The Bertz CT molecular complexity index is 534. The van der Waals surface area contributed by atoms with Crippen LogP contribution in [0.3, 0.4) is 0 Å². The van der Waals surface area contributed by atoms with Crippen LogP contribution in [0.15, 0.2) is 12.1 Å². The zero-order valence-corrected chi connectivity index (χ0v) is 12.7. The number of unbranched alkanes of at least 4 members (excludes halogenated alkanes) is 1. The van der Waals surface area contributed by atoms with E-state index in [1.54, 1.807) is 0 Å². The lowest BCUT2D eigenvalue weighted by molar-refractivity contribution is -0.117. The van der Waals surface area contributed by atoms with Gasteiger partial charge in [-0.25, -0.2) is 4.79 Å². The van der Waals surface area contributed by atoms with Gasteiger partial charge in [-0.2, -0.15) is 0 Å². The van der Waals surface area contributed by atoms with E-state index in [2.05, 4.69) is 5.32 Å². The quantitative estimate of drug-likeness (QED) is 0.717. The Kier molecular flexibility index (Phi) is 6.45. The number of aromatic carboxylic acids is 1. The van der Waals surface area contributed by atoms with Gasteiger partial charge in [0.25, 0.3) is 0 Å². The van der Waals surface area contributed by atoms with Gasteiger partial charge in [-0.05, 0) is 12.5 Å². The Hall–Kier alpha value is -1.79. The van der Waals surface area contributed by atoms with Crippen LogP contribution in [0.25, 0.3) is 0 Å². The molecule has 21 heavy (non-hydrogen) atoms. The zero-order chi connectivity index (χ0) is 16.0. The van der Waals surface area contributed by atoms with Gasteiger partial charge >= 0.3 is 5.97 Å². The molecule has 0 aliphatic rings. The zero-order valence-electron chi connectivity index (χ0n) is 12.0. The van der Waals surface area contributed by atoms with E-state index in [0.717, 1.165) is 12.8 Å². The molecular formula is C14H19ClN2O4. The highest BCUT2D eigenvalue weighted by molar-refractivity contribution is 6.34. The fourth-order valence-corrected chi connectivity index (χ4v) is 1.98. The average molecular weight is 315 g/mol. The normalized spacial score (nSPS) is 11.8. The van der Waals surface area contributed by atoms with Crippen LogP contribution >= 0.6 is 11.6 Å². The van der Waals surface area contributed by atoms with Gasteiger partial charge in [0.1, 0.15) is 11.3 Å². The highest BCUT2D eigenvalue weighted by Gasteiger charge is 2.18. The number of carboxylic acids is 1. The molecule has 0 unspecified atom stereocenters. The number of halogens is 1. The molecule has 1 atom stereocenters. The second-order valence-electron chi connectivity index (χ2n) is 4.58. The lowest BCUT2D eigenvalue weighted by atomic mass is 10.1. The monoisotopic (exact) mass is 314 g/mol. The molecule has 4 N–H and O–H groups in total. The van der Waals surface area contributed by atoms with Gasteiger partial charge in [-0.3, -0.25) is 4.79 Å². The Balaban J connectivity index is 2.93. The summed E-state index contributed by atoms with van der Waals surface area (Å²) in [5.74, 6) is -1.41. The van der Waals surface area contributed by atoms with Crippen molar-refractivity contribution in [3.8, 4) is 5.75 Å². The first-order valence-corrected chi connectivity index (χ1v) is 6.95. The van der Waals surface area contributed by atoms with Gasteiger partial charge in [0.2, 0.25) is 5.91 Å². The van der Waals surface area contributed by atoms with Crippen LogP contribution in [0.4, 0.5) is 5.69 Å². The molecule has 0 heterocycles. The first kappa shape index (κ1) is 17.3. The van der Waals surface area contributed by atoms with Crippen LogP contribution in [0, 0.1) is 0 Å². The summed E-state index contributed by atoms with van der Waals surface area (Å²) >= 11 is 5.98. The van der Waals surface area contributed by atoms with Crippen molar-refractivity contribution in [2.45, 2.75) is 32.2 Å². The van der Waals surface area contributed by atoms with Crippen LogP contribution in [0.1, 0.15) is 36.5 Å². The Morgan fingerprint density at radius 1 is 1.48 bits per heavy atom. The van der Waals surface area contributed by atoms with Crippen LogP contribution in [0.5, 0.6) is 5.75 Å². The summed E-state index contributed by atoms with van der Waals surface area (Å²) in [6, 6.07) is 1.97. The second kappa shape index (κ2) is 7.85. The SMILES string of the molecule is CCCC[C@H](N)C(=O)Nc1cc(OC)c(C(=O)O)cc1Cl. The number of carboxylic acid groups (broad SMARTS) is 1. The molecule has 0 radical (unpaired) electrons. The van der Waals surface area contributed by atoms with Crippen LogP contribution in [0.2, 0.25) is 5.02 Å². The third-order valence-electron chi connectivity index (χ3n) is 2.98. The number of benzene rings is 1. The third-order valence-corrected chi connectivity index (χ3v) is 3.30. The molecule has 116 valence electrons. The van der Waals surface area contributed by atoms with Crippen molar-refractivity contribution in [1.29, 1.82) is 0 Å². The molecule has 0 saturated carbocycles. The maximum atomic E-state index is 11.9. The number of nitrogens with one attached hydrogen (secondary N) is 1. The van der Waals surface area contributed by atoms with E-state index in [4.69, 9.17) is 27.2 Å². The number of amides is 1. The number of rotatable bonds is 7. The molecule has 1 amide bonds. The largest absolute Gasteiger partial charge is 0.496 e. The maximum Gasteiger partial charge on any atom is 0.339 e. The van der Waals surface area contributed by atoms with Crippen LogP contribution < -0.4 is 15.8 Å². The van der Waals surface area contributed by atoms with E-state index in [1.165, 1.54) is 19.2 Å². The molecule has 0 bridgehead atoms. The molecule has 7 heteroatoms. The minimum atomic E-state index is -1.16. The summed E-state index contributed by atoms with van der Waals surface area (Å²) in [7, 11) is 1.34. The number of carbonyl (C=O) groups is 2. The molecule has 0 fully saturated rings. The summed E-state index contributed by atoms with van der Waals surface area (Å²) in [6.45, 7) is 2.01. The maximum absolute atomic E-state index is 11.9. The lowest BCUT2D eigenvalue weighted by Crippen LogP contribution is -2.35. The number of hydrogen-bond acceptors (Lipinski definition) is 4. The van der Waals surface area contributed by atoms with Crippen molar-refractivity contribution in [2.75, 3.05) is 12.4 Å². The van der Waals surface area contributed by atoms with E-state index < -0.39 is 12.0 Å². The fourth-order valence-electron chi connectivity index (χ4n) is 1.77. The number of ether oxygens (including phenoxy) is 1. The molecule has 1 aromatic rings. The van der Waals surface area contributed by atoms with E-state index >= 15 is 0 Å². The number of hydrogen-bond donors (Lipinski definition) is 3. The van der Waals surface area contributed by atoms with Crippen molar-refractivity contribution in [1.82, 2.24) is 0 Å². The highest BCUT2D eigenvalue weighted by atomic mass is 35.5. The Morgan fingerprint density at radius 3 is 2.67 bits per heavy atom. The molecule has 1 rings (SSSR count). The molecule has 0 aliphatic carbocycles. The predicted octanol–water partition coefficient (Wildman–Crippen LogP) is 2.50. The summed E-state index contributed by atoms with van der Waals surface area (Å²) < 4.78 is 4.99. The average Bonchev–Trinajstić information content (AvgIpc) is 2.45. The van der Waals surface area contributed by atoms with Gasteiger partial charge in [0, 0.05) is 6.07 Å². The molecule has 0 aromatic heterocycles. The topological polar surface area (TPSA) is 102 Å². The minimum Gasteiger partial charge on any atom is -0.496 e. The lowest BCUT2D eigenvalue weighted by Gasteiger charge is -2.14. The number of nitrogens with two attached hydrogens (primary N) is 1. The minimum absolute atomic E-state index is 0.0734. The van der Waals surface area contributed by atoms with Crippen molar-refractivity contribution in [3.63, 3.8) is 0 Å². The summed E-state index contributed by atoms with van der Waals surface area (Å²) in [4.78, 5) is 23.0. The summed E-state index contributed by atoms with van der Waals surface area (Å²) in [5, 5.41) is 11.7. The van der Waals surface area contributed by atoms with Crippen molar-refractivity contribution in [2.24, 2.45) is 5.73 Å². The van der Waals surface area contributed by atoms with Crippen LogP contribution in [-0.4, -0.2) is 30.1 Å². The molecule has 6 nitrogen and oxygen atoms in total. The van der Waals surface area contributed by atoms with Crippen molar-refractivity contribution >= 4 is 29.2 Å². The number of anilines is 1. The second-order valence-corrected chi connectivity index (χ2v) is 4.98. The molecule has 0 spiro atoms. The summed E-state index contributed by atoms with van der Waals surface area (Å²) in [6.07, 6.45) is 2.37. The van der Waals surface area contributed by atoms with Gasteiger partial charge in [0.05, 0.1) is 23.9 Å². The number of carbonyl (C=O) groups excluding carboxylic acids is 1. The molecular weight excluding hydrogens is 296 g/mol. The molecule has 1 aromatic carbocycles. The van der Waals surface area contributed by atoms with Gasteiger partial charge in [-0.1, -0.05) is 31.4 Å². The van der Waals surface area contributed by atoms with Crippen molar-refractivity contribution < 1.29 is 19.4 Å². The van der Waals surface area contributed by atoms with E-state index in [9.17, 15) is 9.59 Å². The molecule has 0 saturated heterocycles. The standard InChI is InChI=1S/C14H19ClN2O4/c1-3-4-5-10(16)13(18)17-11-7-12(21-2)8(14(19)20)6-9(11)15/h6-7,10H,3-5,16H2,1-2H3,(H,17,18)(H,19,20)/t10-/m0/s1. The Morgan fingerprint density at radius 2 is 2.14 bits per heavy atom. The van der Waals surface area contributed by atoms with E-state index in [1.807, 2.05) is 6.92 Å². The first-order valence-electron chi connectivity index (χ1n) is 6.58. The van der Waals surface area contributed by atoms with Gasteiger partial charge in [-0.15, -0.1) is 0 Å². The van der Waals surface area contributed by atoms with E-state index in [0.29, 0.717) is 6.42 Å². The predicted molar refractivity (Wildman–Crippen MR) is 81.1 cm³/mol. The van der Waals surface area contributed by atoms with Gasteiger partial charge < -0.3 is 20.9 Å². The van der Waals surface area contributed by atoms with Gasteiger partial charge in [0.15, 0.2) is 0 Å². The Labute approximate surface area is 128 Å². The molecule has 0 aliphatic heterocycles. The first-order chi connectivity index (χ1) is 9.90.